The summed E-state index contributed by atoms with van der Waals surface area (Å²) in [4.78, 5) is 33.6. The van der Waals surface area contributed by atoms with Gasteiger partial charge < -0.3 is 28.0 Å². The highest BCUT2D eigenvalue weighted by atomic mass is 28.4. The van der Waals surface area contributed by atoms with Gasteiger partial charge in [-0.05, 0) is 32.4 Å². The molecule has 0 aliphatic rings. The van der Waals surface area contributed by atoms with E-state index in [1.54, 1.807) is 27.0 Å². The van der Waals surface area contributed by atoms with Gasteiger partial charge in [0.05, 0.1) is 7.11 Å². The zero-order chi connectivity index (χ0) is 26.0. The van der Waals surface area contributed by atoms with E-state index in [1.165, 1.54) is 33.3 Å². The number of aliphatic carboxylic acids is 1. The smallest absolute Gasteiger partial charge is 0.478 e. The molecule has 0 saturated heterocycles. The lowest BCUT2D eigenvalue weighted by atomic mass is 10.1. The molecule has 0 bridgehead atoms. The molecule has 11 heteroatoms. The first-order valence-corrected chi connectivity index (χ1v) is 11.7. The van der Waals surface area contributed by atoms with Gasteiger partial charge in [0.15, 0.2) is 5.34 Å². The number of carboxylic acids is 1. The van der Waals surface area contributed by atoms with Gasteiger partial charge in [-0.25, -0.2) is 9.59 Å². The van der Waals surface area contributed by atoms with E-state index in [9.17, 15) is 14.5 Å². The highest BCUT2D eigenvalue weighted by molar-refractivity contribution is 6.66. The summed E-state index contributed by atoms with van der Waals surface area (Å²) in [6.07, 6.45) is 6.89. The largest absolute Gasteiger partial charge is 0.528 e. The Morgan fingerprint density at radius 1 is 1.06 bits per heavy atom. The van der Waals surface area contributed by atoms with Gasteiger partial charge >= 0.3 is 20.7 Å². The second-order valence-corrected chi connectivity index (χ2v) is 8.91. The predicted molar refractivity (Wildman–Crippen MR) is 127 cm³/mol. The molecule has 0 aliphatic heterocycles. The summed E-state index contributed by atoms with van der Waals surface area (Å²) >= 11 is 0. The summed E-state index contributed by atoms with van der Waals surface area (Å²) in [6, 6.07) is 0. The number of unbranched alkanes of at least 4 members (excludes halogenated alkanes) is 3. The van der Waals surface area contributed by atoms with E-state index in [-0.39, 0.29) is 11.7 Å². The van der Waals surface area contributed by atoms with E-state index in [1.807, 2.05) is 6.92 Å². The SMILES string of the molecule is C=C(C)C(=O)O.C=CC(=O)OC.C=C[Si](OC)(OC)OC.CCCCCCC(C)ON=O. The molecule has 0 aromatic carbocycles. The first kappa shape index (κ1) is 37.0. The van der Waals surface area contributed by atoms with Crippen LogP contribution in [-0.2, 0) is 32.4 Å². The fourth-order valence-electron chi connectivity index (χ4n) is 1.57. The molecule has 32 heavy (non-hydrogen) atoms. The minimum absolute atomic E-state index is 0.00986. The van der Waals surface area contributed by atoms with Crippen LogP contribution in [0.2, 0.25) is 0 Å². The number of rotatable bonds is 13. The standard InChI is InChI=1S/C8H17NO2.C5H12O3Si.2C4H6O2/c1-3-4-5-6-7-8(2)11-9-10;1-5-9(6-2,7-3)8-4;1-3-4(5)6-2;1-3(2)4(5)6/h8H,3-7H2,1-2H3;5H,1H2,2-4H3;3H,1H2,2H3;1H2,2H3,(H,5,6). The molecule has 0 saturated carbocycles. The van der Waals surface area contributed by atoms with E-state index in [2.05, 4.69) is 41.6 Å². The van der Waals surface area contributed by atoms with Crippen molar-refractivity contribution in [3.63, 3.8) is 0 Å². The number of carboxylic acid groups (broad SMARTS) is 1. The number of esters is 1. The normalized spacial score (nSPS) is 10.2. The van der Waals surface area contributed by atoms with Crippen LogP contribution in [0.5, 0.6) is 0 Å². The maximum absolute atomic E-state index is 9.84. The first-order chi connectivity index (χ1) is 15.0. The molecule has 1 atom stereocenters. The Kier molecular flexibility index (Phi) is 30.9. The fourth-order valence-corrected chi connectivity index (χ4v) is 2.57. The van der Waals surface area contributed by atoms with Crippen LogP contribution in [0, 0.1) is 4.91 Å². The second-order valence-electron chi connectivity index (χ2n) is 6.07. The number of nitrogens with zero attached hydrogens (tertiary/aromatic N) is 1. The molecule has 0 rings (SSSR count). The molecule has 10 nitrogen and oxygen atoms in total. The second kappa shape index (κ2) is 26.7. The third kappa shape index (κ3) is 27.7. The van der Waals surface area contributed by atoms with Crippen LogP contribution in [0.15, 0.2) is 42.4 Å². The van der Waals surface area contributed by atoms with E-state index in [0.717, 1.165) is 18.9 Å². The average molecular weight is 480 g/mol. The molecule has 1 N–H and O–H groups in total. The molecule has 0 aliphatic carbocycles. The summed E-state index contributed by atoms with van der Waals surface area (Å²) < 4.78 is 19.0. The minimum Gasteiger partial charge on any atom is -0.478 e. The number of ether oxygens (including phenoxy) is 1. The first-order valence-electron chi connectivity index (χ1n) is 9.87. The van der Waals surface area contributed by atoms with Crippen molar-refractivity contribution < 1.29 is 37.5 Å². The van der Waals surface area contributed by atoms with Crippen LogP contribution < -0.4 is 0 Å². The maximum Gasteiger partial charge on any atom is 0.528 e. The van der Waals surface area contributed by atoms with Crippen molar-refractivity contribution in [2.45, 2.75) is 59.0 Å². The van der Waals surface area contributed by atoms with Crippen LogP contribution in [-0.4, -0.2) is 60.4 Å². The van der Waals surface area contributed by atoms with Crippen molar-refractivity contribution in [3.8, 4) is 0 Å². The van der Waals surface area contributed by atoms with Crippen LogP contribution in [0.25, 0.3) is 0 Å². The lowest BCUT2D eigenvalue weighted by Crippen LogP contribution is -2.40. The Balaban J connectivity index is -0.000000169. The van der Waals surface area contributed by atoms with E-state index < -0.39 is 20.7 Å². The molecular weight excluding hydrogens is 438 g/mol. The molecule has 0 amide bonds. The summed E-state index contributed by atoms with van der Waals surface area (Å²) in [7, 11) is 3.51. The summed E-state index contributed by atoms with van der Waals surface area (Å²) in [5.41, 5.74) is 1.75. The third-order valence-corrected chi connectivity index (χ3v) is 5.73. The maximum atomic E-state index is 9.84. The van der Waals surface area contributed by atoms with Gasteiger partial charge in [-0.1, -0.05) is 45.9 Å². The van der Waals surface area contributed by atoms with Crippen LogP contribution in [0.1, 0.15) is 52.9 Å². The van der Waals surface area contributed by atoms with Crippen molar-refractivity contribution in [3.05, 3.63) is 42.0 Å². The highest BCUT2D eigenvalue weighted by Gasteiger charge is 2.33. The Hall–Kier alpha value is -2.34. The zero-order valence-electron chi connectivity index (χ0n) is 20.5. The lowest BCUT2D eigenvalue weighted by molar-refractivity contribution is -0.135. The van der Waals surface area contributed by atoms with Crippen LogP contribution in [0.4, 0.5) is 0 Å². The molecule has 0 spiro atoms. The van der Waals surface area contributed by atoms with Gasteiger partial charge in [0.25, 0.3) is 0 Å². The Labute approximate surface area is 193 Å². The predicted octanol–water partition coefficient (Wildman–Crippen LogP) is 4.63. The van der Waals surface area contributed by atoms with Crippen molar-refractivity contribution in [1.82, 2.24) is 0 Å². The van der Waals surface area contributed by atoms with Gasteiger partial charge in [0.2, 0.25) is 0 Å². The highest BCUT2D eigenvalue weighted by Crippen LogP contribution is 2.07. The van der Waals surface area contributed by atoms with Crippen molar-refractivity contribution in [2.24, 2.45) is 5.34 Å². The molecule has 0 radical (unpaired) electrons. The zero-order valence-corrected chi connectivity index (χ0v) is 21.5. The van der Waals surface area contributed by atoms with Crippen LogP contribution >= 0.6 is 0 Å². The van der Waals surface area contributed by atoms with Crippen molar-refractivity contribution in [2.75, 3.05) is 28.4 Å². The number of carbonyl (C=O) groups is 2. The molecule has 0 heterocycles. The van der Waals surface area contributed by atoms with Gasteiger partial charge in [0, 0.05) is 33.0 Å². The van der Waals surface area contributed by atoms with E-state index >= 15 is 0 Å². The van der Waals surface area contributed by atoms with E-state index in [0.29, 0.717) is 0 Å². The van der Waals surface area contributed by atoms with Gasteiger partial charge in [-0.2, -0.15) is 0 Å². The molecule has 0 fully saturated rings. The lowest BCUT2D eigenvalue weighted by Gasteiger charge is -2.19. The van der Waals surface area contributed by atoms with Crippen molar-refractivity contribution >= 4 is 20.7 Å². The van der Waals surface area contributed by atoms with Gasteiger partial charge in [0.1, 0.15) is 6.10 Å². The van der Waals surface area contributed by atoms with Crippen molar-refractivity contribution in [1.29, 1.82) is 0 Å². The Bertz CT molecular complexity index is 500. The summed E-state index contributed by atoms with van der Waals surface area (Å²) in [5.74, 6) is -1.33. The molecule has 1 unspecified atom stereocenters. The molecular formula is C21H41NO9Si. The summed E-state index contributed by atoms with van der Waals surface area (Å²) in [6.45, 7) is 15.3. The number of methoxy groups -OCH3 is 1. The quantitative estimate of drug-likeness (QED) is 0.100. The van der Waals surface area contributed by atoms with Gasteiger partial charge in [-0.3, -0.25) is 0 Å². The van der Waals surface area contributed by atoms with E-state index in [4.69, 9.17) is 18.4 Å². The monoisotopic (exact) mass is 479 g/mol. The Morgan fingerprint density at radius 3 is 1.72 bits per heavy atom. The number of hydrogen-bond acceptors (Lipinski definition) is 9. The minimum atomic E-state index is -2.43. The molecule has 0 aromatic heterocycles. The third-order valence-electron chi connectivity index (χ3n) is 3.52. The average Bonchev–Trinajstić information content (AvgIpc) is 2.79. The van der Waals surface area contributed by atoms with Crippen LogP contribution in [0.3, 0.4) is 0 Å². The summed E-state index contributed by atoms with van der Waals surface area (Å²) in [5, 5.41) is 10.3. The topological polar surface area (TPSA) is 130 Å². The fraction of sp³-hybridized carbons (Fsp3) is 0.619. The molecule has 0 aromatic rings. The molecule has 188 valence electrons. The number of carbonyl (C=O) groups excluding carboxylic acids is 1. The Morgan fingerprint density at radius 2 is 1.53 bits per heavy atom. The number of hydrogen-bond donors (Lipinski definition) is 1. The van der Waals surface area contributed by atoms with Gasteiger partial charge in [-0.15, -0.1) is 4.91 Å².